The Balaban J connectivity index is 2.83. The average Bonchev–Trinajstić information content (AvgIpc) is 2.37. The normalized spacial score (nSPS) is 22.5. The molecule has 20 heavy (non-hydrogen) atoms. The molecular formula is C14H27N3O3. The minimum absolute atomic E-state index is 0.0290. The number of rotatable bonds is 5. The number of nitrogens with two attached hydrogens (primary N) is 1. The van der Waals surface area contributed by atoms with Gasteiger partial charge in [-0.1, -0.05) is 13.3 Å². The summed E-state index contributed by atoms with van der Waals surface area (Å²) in [6.45, 7) is 8.57. The van der Waals surface area contributed by atoms with Crippen molar-refractivity contribution in [3.63, 3.8) is 0 Å². The lowest BCUT2D eigenvalue weighted by atomic mass is 9.94. The molecule has 116 valence electrons. The van der Waals surface area contributed by atoms with Crippen LogP contribution in [-0.2, 0) is 14.3 Å². The van der Waals surface area contributed by atoms with E-state index in [4.69, 9.17) is 10.5 Å². The molecule has 0 bridgehead atoms. The van der Waals surface area contributed by atoms with Gasteiger partial charge in [-0.3, -0.25) is 9.59 Å². The van der Waals surface area contributed by atoms with Crippen LogP contribution in [0, 0.1) is 0 Å². The van der Waals surface area contributed by atoms with Gasteiger partial charge in [0.25, 0.3) is 0 Å². The molecule has 3 N–H and O–H groups in total. The number of carbonyl (C=O) groups excluding carboxylic acids is 2. The lowest BCUT2D eigenvalue weighted by Gasteiger charge is -2.39. The van der Waals surface area contributed by atoms with Crippen molar-refractivity contribution in [2.24, 2.45) is 5.73 Å². The first-order valence-corrected chi connectivity index (χ1v) is 7.27. The van der Waals surface area contributed by atoms with Gasteiger partial charge in [0.1, 0.15) is 6.04 Å². The van der Waals surface area contributed by atoms with E-state index in [1.54, 1.807) is 11.8 Å². The molecule has 0 aromatic carbocycles. The lowest BCUT2D eigenvalue weighted by molar-refractivity contribution is -0.152. The van der Waals surface area contributed by atoms with Crippen LogP contribution in [0.5, 0.6) is 0 Å². The van der Waals surface area contributed by atoms with Gasteiger partial charge in [0, 0.05) is 12.6 Å². The largest absolute Gasteiger partial charge is 0.377 e. The number of ether oxygens (including phenoxy) is 1. The highest BCUT2D eigenvalue weighted by Crippen LogP contribution is 2.17. The fraction of sp³-hybridized carbons (Fsp3) is 0.857. The van der Waals surface area contributed by atoms with Crippen molar-refractivity contribution in [2.75, 3.05) is 19.8 Å². The summed E-state index contributed by atoms with van der Waals surface area (Å²) in [7, 11) is 0. The number of nitrogens with zero attached hydrogens (tertiary/aromatic N) is 1. The Hall–Kier alpha value is -1.14. The van der Waals surface area contributed by atoms with E-state index in [-0.39, 0.29) is 24.5 Å². The highest BCUT2D eigenvalue weighted by molar-refractivity contribution is 5.92. The Morgan fingerprint density at radius 1 is 1.50 bits per heavy atom. The summed E-state index contributed by atoms with van der Waals surface area (Å²) in [6, 6.07) is -0.556. The molecule has 1 aliphatic rings. The van der Waals surface area contributed by atoms with E-state index in [0.717, 1.165) is 6.42 Å². The van der Waals surface area contributed by atoms with Crippen molar-refractivity contribution in [1.82, 2.24) is 10.2 Å². The second kappa shape index (κ2) is 7.04. The molecule has 0 aliphatic carbocycles. The first-order chi connectivity index (χ1) is 9.29. The van der Waals surface area contributed by atoms with Crippen LogP contribution in [0.4, 0.5) is 0 Å². The number of hydrogen-bond acceptors (Lipinski definition) is 4. The van der Waals surface area contributed by atoms with E-state index in [9.17, 15) is 9.59 Å². The van der Waals surface area contributed by atoms with Crippen LogP contribution in [0.2, 0.25) is 0 Å². The van der Waals surface area contributed by atoms with Gasteiger partial charge in [0.2, 0.25) is 11.8 Å². The molecule has 6 nitrogen and oxygen atoms in total. The second-order valence-electron chi connectivity index (χ2n) is 5.92. The van der Waals surface area contributed by atoms with Gasteiger partial charge < -0.3 is 20.7 Å². The van der Waals surface area contributed by atoms with Gasteiger partial charge in [0.05, 0.1) is 18.8 Å². The van der Waals surface area contributed by atoms with Crippen LogP contribution in [0.1, 0.15) is 40.5 Å². The van der Waals surface area contributed by atoms with E-state index in [0.29, 0.717) is 19.6 Å². The summed E-state index contributed by atoms with van der Waals surface area (Å²) in [4.78, 5) is 26.3. The lowest BCUT2D eigenvalue weighted by Crippen LogP contribution is -2.63. The third-order valence-electron chi connectivity index (χ3n) is 3.38. The van der Waals surface area contributed by atoms with Crippen LogP contribution in [0.3, 0.4) is 0 Å². The molecule has 1 fully saturated rings. The fourth-order valence-corrected chi connectivity index (χ4v) is 2.40. The fourth-order valence-electron chi connectivity index (χ4n) is 2.40. The molecule has 1 heterocycles. The summed E-state index contributed by atoms with van der Waals surface area (Å²) >= 11 is 0. The van der Waals surface area contributed by atoms with E-state index in [2.05, 4.69) is 5.32 Å². The smallest absolute Gasteiger partial charge is 0.245 e. The van der Waals surface area contributed by atoms with Crippen LogP contribution in [0.25, 0.3) is 0 Å². The summed E-state index contributed by atoms with van der Waals surface area (Å²) < 4.78 is 5.34. The van der Waals surface area contributed by atoms with Gasteiger partial charge in [-0.05, 0) is 27.2 Å². The molecule has 0 aromatic heterocycles. The molecule has 1 aliphatic heterocycles. The third-order valence-corrected chi connectivity index (χ3v) is 3.38. The Morgan fingerprint density at radius 3 is 2.70 bits per heavy atom. The monoisotopic (exact) mass is 285 g/mol. The average molecular weight is 285 g/mol. The van der Waals surface area contributed by atoms with Crippen LogP contribution in [-0.4, -0.2) is 54.1 Å². The SMILES string of the molecule is CCCC(C)(N)C(=O)N1CCOCC1C(=O)NC(C)C. The summed E-state index contributed by atoms with van der Waals surface area (Å²) in [5, 5.41) is 2.83. The van der Waals surface area contributed by atoms with Crippen molar-refractivity contribution < 1.29 is 14.3 Å². The van der Waals surface area contributed by atoms with Crippen LogP contribution >= 0.6 is 0 Å². The zero-order valence-corrected chi connectivity index (χ0v) is 12.9. The molecule has 6 heteroatoms. The zero-order chi connectivity index (χ0) is 15.3. The first kappa shape index (κ1) is 16.9. The molecule has 0 radical (unpaired) electrons. The second-order valence-corrected chi connectivity index (χ2v) is 5.92. The number of nitrogens with one attached hydrogen (secondary N) is 1. The third kappa shape index (κ3) is 4.18. The molecular weight excluding hydrogens is 258 g/mol. The minimum Gasteiger partial charge on any atom is -0.377 e. The number of amides is 2. The highest BCUT2D eigenvalue weighted by atomic mass is 16.5. The Labute approximate surface area is 121 Å². The van der Waals surface area contributed by atoms with Gasteiger partial charge in [0.15, 0.2) is 0 Å². The molecule has 0 aromatic rings. The van der Waals surface area contributed by atoms with Crippen molar-refractivity contribution in [1.29, 1.82) is 0 Å². The van der Waals surface area contributed by atoms with Crippen molar-refractivity contribution >= 4 is 11.8 Å². The topological polar surface area (TPSA) is 84.7 Å². The van der Waals surface area contributed by atoms with Gasteiger partial charge in [-0.2, -0.15) is 0 Å². The van der Waals surface area contributed by atoms with E-state index in [1.165, 1.54) is 0 Å². The zero-order valence-electron chi connectivity index (χ0n) is 12.9. The van der Waals surface area contributed by atoms with Gasteiger partial charge >= 0.3 is 0 Å². The number of morpholine rings is 1. The summed E-state index contributed by atoms with van der Waals surface area (Å²) in [6.07, 6.45) is 1.42. The van der Waals surface area contributed by atoms with E-state index < -0.39 is 11.6 Å². The molecule has 1 saturated heterocycles. The highest BCUT2D eigenvalue weighted by Gasteiger charge is 2.39. The summed E-state index contributed by atoms with van der Waals surface area (Å²) in [5.41, 5.74) is 5.17. The standard InChI is InChI=1S/C14H27N3O3/c1-5-6-14(4,15)13(19)17-7-8-20-9-11(17)12(18)16-10(2)3/h10-11H,5-9,15H2,1-4H3,(H,16,18). The predicted molar refractivity (Wildman–Crippen MR) is 77.1 cm³/mol. The molecule has 1 rings (SSSR count). The maximum Gasteiger partial charge on any atom is 0.245 e. The van der Waals surface area contributed by atoms with Gasteiger partial charge in [-0.15, -0.1) is 0 Å². The Morgan fingerprint density at radius 2 is 2.15 bits per heavy atom. The number of carbonyl (C=O) groups is 2. The van der Waals surface area contributed by atoms with E-state index >= 15 is 0 Å². The predicted octanol–water partition coefficient (Wildman–Crippen LogP) is 0.256. The van der Waals surface area contributed by atoms with Crippen molar-refractivity contribution in [3.05, 3.63) is 0 Å². The molecule has 2 unspecified atom stereocenters. The quantitative estimate of drug-likeness (QED) is 0.758. The number of hydrogen-bond donors (Lipinski definition) is 2. The maximum atomic E-state index is 12.6. The molecule has 0 spiro atoms. The molecule has 0 saturated carbocycles. The molecule has 2 amide bonds. The van der Waals surface area contributed by atoms with Gasteiger partial charge in [-0.25, -0.2) is 0 Å². The van der Waals surface area contributed by atoms with Crippen molar-refractivity contribution in [3.8, 4) is 0 Å². The molecule has 2 atom stereocenters. The van der Waals surface area contributed by atoms with E-state index in [1.807, 2.05) is 20.8 Å². The van der Waals surface area contributed by atoms with Crippen LogP contribution < -0.4 is 11.1 Å². The Kier molecular flexibility index (Phi) is 5.95. The summed E-state index contributed by atoms with van der Waals surface area (Å²) in [5.74, 6) is -0.355. The van der Waals surface area contributed by atoms with Crippen molar-refractivity contribution in [2.45, 2.75) is 58.2 Å². The maximum absolute atomic E-state index is 12.6. The first-order valence-electron chi connectivity index (χ1n) is 7.27. The minimum atomic E-state index is -0.928. The Bertz CT molecular complexity index is 356. The van der Waals surface area contributed by atoms with Crippen LogP contribution in [0.15, 0.2) is 0 Å².